The second-order valence-corrected chi connectivity index (χ2v) is 4.88. The Balaban J connectivity index is 2.04. The summed E-state index contributed by atoms with van der Waals surface area (Å²) in [5.74, 6) is -0.545. The number of nitrogens with zero attached hydrogens (tertiary/aromatic N) is 1. The van der Waals surface area contributed by atoms with Crippen LogP contribution in [0, 0.1) is 12.7 Å². The Morgan fingerprint density at radius 2 is 2.11 bits per heavy atom. The summed E-state index contributed by atoms with van der Waals surface area (Å²) in [6.45, 7) is 7.09. The zero-order valence-corrected chi connectivity index (χ0v) is 11.4. The third-order valence-electron chi connectivity index (χ3n) is 3.55. The molecule has 0 saturated carbocycles. The number of rotatable bonds is 3. The third-order valence-corrected chi connectivity index (χ3v) is 3.55. The average Bonchev–Trinajstić information content (AvgIpc) is 2.43. The first-order chi connectivity index (χ1) is 9.09. The molecule has 0 aliphatic carbocycles. The first-order valence-electron chi connectivity index (χ1n) is 6.60. The third kappa shape index (κ3) is 3.30. The number of amides is 1. The molecule has 1 heterocycles. The van der Waals surface area contributed by atoms with Crippen LogP contribution in [0.25, 0.3) is 0 Å². The number of piperazine rings is 1. The lowest BCUT2D eigenvalue weighted by Crippen LogP contribution is -2.51. The number of carbonyl (C=O) groups is 1. The lowest BCUT2D eigenvalue weighted by molar-refractivity contribution is -0.121. The molecule has 0 radical (unpaired) electrons. The van der Waals surface area contributed by atoms with Crippen LogP contribution in [0.2, 0.25) is 0 Å². The van der Waals surface area contributed by atoms with E-state index < -0.39 is 0 Å². The molecule has 19 heavy (non-hydrogen) atoms. The maximum atomic E-state index is 13.7. The highest BCUT2D eigenvalue weighted by Crippen LogP contribution is 2.19. The summed E-state index contributed by atoms with van der Waals surface area (Å²) in [5, 5.41) is 5.94. The Kier molecular flexibility index (Phi) is 4.50. The lowest BCUT2D eigenvalue weighted by atomic mass is 10.1. The number of carbonyl (C=O) groups excluding carboxylic acids is 1. The highest BCUT2D eigenvalue weighted by Gasteiger charge is 2.23. The molecule has 1 aromatic rings. The van der Waals surface area contributed by atoms with E-state index in [1.54, 1.807) is 19.1 Å². The Bertz CT molecular complexity index is 438. The van der Waals surface area contributed by atoms with Gasteiger partial charge >= 0.3 is 0 Å². The van der Waals surface area contributed by atoms with Gasteiger partial charge in [-0.2, -0.15) is 0 Å². The van der Waals surface area contributed by atoms with Crippen LogP contribution in [-0.4, -0.2) is 43.0 Å². The van der Waals surface area contributed by atoms with E-state index in [1.165, 1.54) is 6.07 Å². The smallest absolute Gasteiger partial charge is 0.241 e. The van der Waals surface area contributed by atoms with Gasteiger partial charge in [0, 0.05) is 26.2 Å². The van der Waals surface area contributed by atoms with Crippen molar-refractivity contribution < 1.29 is 9.18 Å². The maximum absolute atomic E-state index is 13.7. The van der Waals surface area contributed by atoms with E-state index in [4.69, 9.17) is 0 Å². The number of aryl methyl sites for hydroxylation is 1. The molecule has 4 nitrogen and oxygen atoms in total. The quantitative estimate of drug-likeness (QED) is 0.867. The van der Waals surface area contributed by atoms with E-state index in [-0.39, 0.29) is 23.5 Å². The number of hydrogen-bond acceptors (Lipinski definition) is 3. The van der Waals surface area contributed by atoms with Crippen LogP contribution in [0.3, 0.4) is 0 Å². The Morgan fingerprint density at radius 3 is 2.74 bits per heavy atom. The molecule has 2 N–H and O–H groups in total. The molecule has 1 amide bonds. The van der Waals surface area contributed by atoms with Gasteiger partial charge in [0.25, 0.3) is 0 Å². The fourth-order valence-electron chi connectivity index (χ4n) is 2.25. The molecule has 1 aliphatic rings. The summed E-state index contributed by atoms with van der Waals surface area (Å²) in [6.07, 6.45) is 0. The van der Waals surface area contributed by atoms with E-state index in [0.29, 0.717) is 0 Å². The topological polar surface area (TPSA) is 44.4 Å². The minimum atomic E-state index is -0.388. The van der Waals surface area contributed by atoms with Crippen molar-refractivity contribution in [3.8, 4) is 0 Å². The van der Waals surface area contributed by atoms with Crippen molar-refractivity contribution in [1.29, 1.82) is 0 Å². The monoisotopic (exact) mass is 265 g/mol. The maximum Gasteiger partial charge on any atom is 0.241 e. The van der Waals surface area contributed by atoms with Crippen molar-refractivity contribution in [2.45, 2.75) is 19.9 Å². The normalized spacial score (nSPS) is 18.1. The summed E-state index contributed by atoms with van der Waals surface area (Å²) < 4.78 is 13.7. The van der Waals surface area contributed by atoms with Crippen molar-refractivity contribution in [1.82, 2.24) is 10.2 Å². The van der Waals surface area contributed by atoms with Crippen LogP contribution in [-0.2, 0) is 4.79 Å². The van der Waals surface area contributed by atoms with Gasteiger partial charge in [0.1, 0.15) is 5.82 Å². The predicted octanol–water partition coefficient (Wildman–Crippen LogP) is 1.37. The van der Waals surface area contributed by atoms with E-state index in [1.807, 2.05) is 6.92 Å². The highest BCUT2D eigenvalue weighted by atomic mass is 19.1. The number of nitrogens with one attached hydrogen (secondary N) is 2. The SMILES string of the molecule is Cc1cccc(F)c1NC(=O)C(C)N1CCNCC1. The molecular formula is C14H20FN3O. The van der Waals surface area contributed by atoms with Crippen molar-refractivity contribution in [2.24, 2.45) is 0 Å². The molecule has 1 atom stereocenters. The molecule has 0 spiro atoms. The zero-order valence-electron chi connectivity index (χ0n) is 11.4. The average molecular weight is 265 g/mol. The molecule has 1 fully saturated rings. The van der Waals surface area contributed by atoms with Gasteiger partial charge in [-0.05, 0) is 25.5 Å². The van der Waals surface area contributed by atoms with Gasteiger partial charge in [-0.1, -0.05) is 12.1 Å². The standard InChI is InChI=1S/C14H20FN3O/c1-10-4-3-5-12(15)13(10)17-14(19)11(2)18-8-6-16-7-9-18/h3-5,11,16H,6-9H2,1-2H3,(H,17,19). The molecule has 1 saturated heterocycles. The summed E-state index contributed by atoms with van der Waals surface area (Å²) in [4.78, 5) is 14.3. The molecular weight excluding hydrogens is 245 g/mol. The molecule has 0 aromatic heterocycles. The minimum Gasteiger partial charge on any atom is -0.322 e. The van der Waals surface area contributed by atoms with Gasteiger partial charge in [-0.3, -0.25) is 9.69 Å². The summed E-state index contributed by atoms with van der Waals surface area (Å²) in [5.41, 5.74) is 1.02. The van der Waals surface area contributed by atoms with E-state index in [2.05, 4.69) is 15.5 Å². The second-order valence-electron chi connectivity index (χ2n) is 4.88. The van der Waals surface area contributed by atoms with Gasteiger partial charge < -0.3 is 10.6 Å². The van der Waals surface area contributed by atoms with Crippen LogP contribution >= 0.6 is 0 Å². The molecule has 5 heteroatoms. The number of benzene rings is 1. The van der Waals surface area contributed by atoms with Crippen molar-refractivity contribution in [2.75, 3.05) is 31.5 Å². The molecule has 1 aromatic carbocycles. The zero-order chi connectivity index (χ0) is 13.8. The highest BCUT2D eigenvalue weighted by molar-refractivity contribution is 5.95. The molecule has 104 valence electrons. The fraction of sp³-hybridized carbons (Fsp3) is 0.500. The number of hydrogen-bond donors (Lipinski definition) is 2. The number of anilines is 1. The van der Waals surface area contributed by atoms with Crippen molar-refractivity contribution >= 4 is 11.6 Å². The molecule has 2 rings (SSSR count). The van der Waals surface area contributed by atoms with Gasteiger partial charge in [0.15, 0.2) is 0 Å². The predicted molar refractivity (Wildman–Crippen MR) is 73.7 cm³/mol. The van der Waals surface area contributed by atoms with Gasteiger partial charge in [-0.15, -0.1) is 0 Å². The summed E-state index contributed by atoms with van der Waals surface area (Å²) in [6, 6.07) is 4.54. The Morgan fingerprint density at radius 1 is 1.42 bits per heavy atom. The van der Waals surface area contributed by atoms with Crippen LogP contribution in [0.5, 0.6) is 0 Å². The number of halogens is 1. The first-order valence-corrected chi connectivity index (χ1v) is 6.60. The molecule has 0 bridgehead atoms. The van der Waals surface area contributed by atoms with Crippen molar-refractivity contribution in [3.63, 3.8) is 0 Å². The summed E-state index contributed by atoms with van der Waals surface area (Å²) in [7, 11) is 0. The molecule has 1 unspecified atom stereocenters. The van der Waals surface area contributed by atoms with Gasteiger partial charge in [0.2, 0.25) is 5.91 Å². The Labute approximate surface area is 113 Å². The van der Waals surface area contributed by atoms with E-state index >= 15 is 0 Å². The van der Waals surface area contributed by atoms with Crippen molar-refractivity contribution in [3.05, 3.63) is 29.6 Å². The first kappa shape index (κ1) is 14.0. The molecule has 1 aliphatic heterocycles. The van der Waals surface area contributed by atoms with Crippen LogP contribution in [0.1, 0.15) is 12.5 Å². The van der Waals surface area contributed by atoms with E-state index in [0.717, 1.165) is 31.7 Å². The van der Waals surface area contributed by atoms with Gasteiger partial charge in [0.05, 0.1) is 11.7 Å². The van der Waals surface area contributed by atoms with Crippen LogP contribution < -0.4 is 10.6 Å². The second kappa shape index (κ2) is 6.12. The minimum absolute atomic E-state index is 0.157. The van der Waals surface area contributed by atoms with Crippen LogP contribution in [0.15, 0.2) is 18.2 Å². The lowest BCUT2D eigenvalue weighted by Gasteiger charge is -2.31. The van der Waals surface area contributed by atoms with E-state index in [9.17, 15) is 9.18 Å². The summed E-state index contributed by atoms with van der Waals surface area (Å²) >= 11 is 0. The Hall–Kier alpha value is -1.46. The fourth-order valence-corrected chi connectivity index (χ4v) is 2.25. The van der Waals surface area contributed by atoms with Crippen LogP contribution in [0.4, 0.5) is 10.1 Å². The van der Waals surface area contributed by atoms with Gasteiger partial charge in [-0.25, -0.2) is 4.39 Å². The largest absolute Gasteiger partial charge is 0.322 e. The number of para-hydroxylation sites is 1.